The summed E-state index contributed by atoms with van der Waals surface area (Å²) in [7, 11) is 0. The van der Waals surface area contributed by atoms with Crippen LogP contribution in [-0.4, -0.2) is 17.2 Å². The van der Waals surface area contributed by atoms with Gasteiger partial charge >= 0.3 is 29.6 Å². The van der Waals surface area contributed by atoms with Crippen LogP contribution < -0.4 is 34.7 Å². The maximum atomic E-state index is 10.2. The molecule has 0 saturated carbocycles. The summed E-state index contributed by atoms with van der Waals surface area (Å²) in [6.45, 7) is 0. The molecule has 1 unspecified atom stereocenters. The number of aliphatic hydroxyl groups excluding tert-OH is 1. The molecule has 1 rings (SSSR count). The molecule has 4 heteroatoms. The SMILES string of the molecule is O=C([O-])C(O)CCc1ccccc1.[Na+]. The van der Waals surface area contributed by atoms with Gasteiger partial charge in [-0.15, -0.1) is 0 Å². The first-order chi connectivity index (χ1) is 6.20. The molecule has 0 aliphatic heterocycles. The smallest absolute Gasteiger partial charge is 0.547 e. The molecule has 0 fully saturated rings. The molecule has 14 heavy (non-hydrogen) atoms. The fourth-order valence-electron chi connectivity index (χ4n) is 1.07. The summed E-state index contributed by atoms with van der Waals surface area (Å²) in [4.78, 5) is 10.2. The van der Waals surface area contributed by atoms with Gasteiger partial charge in [-0.2, -0.15) is 0 Å². The van der Waals surface area contributed by atoms with Crippen LogP contribution in [0.2, 0.25) is 0 Å². The Morgan fingerprint density at radius 2 is 1.93 bits per heavy atom. The van der Waals surface area contributed by atoms with E-state index in [-0.39, 0.29) is 36.0 Å². The van der Waals surface area contributed by atoms with E-state index in [2.05, 4.69) is 0 Å². The van der Waals surface area contributed by atoms with E-state index in [0.29, 0.717) is 6.42 Å². The fourth-order valence-corrected chi connectivity index (χ4v) is 1.07. The Morgan fingerprint density at radius 1 is 1.36 bits per heavy atom. The average Bonchev–Trinajstić information content (AvgIpc) is 2.15. The molecule has 3 nitrogen and oxygen atoms in total. The predicted octanol–water partition coefficient (Wildman–Crippen LogP) is -3.27. The van der Waals surface area contributed by atoms with Gasteiger partial charge in [0.2, 0.25) is 0 Å². The van der Waals surface area contributed by atoms with Gasteiger partial charge in [0.1, 0.15) is 0 Å². The van der Waals surface area contributed by atoms with Crippen molar-refractivity contribution in [2.75, 3.05) is 0 Å². The van der Waals surface area contributed by atoms with Crippen molar-refractivity contribution >= 4 is 5.97 Å². The van der Waals surface area contributed by atoms with Crippen LogP contribution >= 0.6 is 0 Å². The molecule has 0 spiro atoms. The second kappa shape index (κ2) is 7.01. The van der Waals surface area contributed by atoms with Crippen LogP contribution in [-0.2, 0) is 11.2 Å². The van der Waals surface area contributed by atoms with Crippen molar-refractivity contribution in [3.63, 3.8) is 0 Å². The predicted molar refractivity (Wildman–Crippen MR) is 45.8 cm³/mol. The third kappa shape index (κ3) is 4.77. The van der Waals surface area contributed by atoms with Gasteiger partial charge in [-0.25, -0.2) is 0 Å². The largest absolute Gasteiger partial charge is 1.00 e. The number of hydrogen-bond acceptors (Lipinski definition) is 3. The second-order valence-electron chi connectivity index (χ2n) is 2.86. The van der Waals surface area contributed by atoms with Crippen LogP contribution in [0.4, 0.5) is 0 Å². The van der Waals surface area contributed by atoms with Gasteiger partial charge in [0.25, 0.3) is 0 Å². The van der Waals surface area contributed by atoms with Crippen molar-refractivity contribution < 1.29 is 44.6 Å². The van der Waals surface area contributed by atoms with E-state index >= 15 is 0 Å². The summed E-state index contributed by atoms with van der Waals surface area (Å²) in [6, 6.07) is 9.42. The zero-order valence-corrected chi connectivity index (χ0v) is 10.1. The Hall–Kier alpha value is -0.350. The van der Waals surface area contributed by atoms with E-state index in [0.717, 1.165) is 5.56 Å². The molecule has 1 atom stereocenters. The van der Waals surface area contributed by atoms with Crippen molar-refractivity contribution in [2.24, 2.45) is 0 Å². The zero-order valence-electron chi connectivity index (χ0n) is 8.14. The van der Waals surface area contributed by atoms with E-state index in [1.165, 1.54) is 0 Å². The number of carbonyl (C=O) groups is 1. The summed E-state index contributed by atoms with van der Waals surface area (Å²) in [6.07, 6.45) is -0.609. The maximum absolute atomic E-state index is 10.2. The number of benzene rings is 1. The topological polar surface area (TPSA) is 60.4 Å². The Bertz CT molecular complexity index is 274. The molecule has 0 aromatic heterocycles. The van der Waals surface area contributed by atoms with Crippen LogP contribution in [0.25, 0.3) is 0 Å². The van der Waals surface area contributed by atoms with Crippen LogP contribution in [0.5, 0.6) is 0 Å². The third-order valence-corrected chi connectivity index (χ3v) is 1.82. The van der Waals surface area contributed by atoms with Crippen LogP contribution in [0.15, 0.2) is 30.3 Å². The Labute approximate surface area is 105 Å². The standard InChI is InChI=1S/C10H12O3.Na/c11-9(10(12)13)7-6-8-4-2-1-3-5-8;/h1-5,9,11H,6-7H2,(H,12,13);/q;+1/p-1. The van der Waals surface area contributed by atoms with Gasteiger partial charge in [-0.1, -0.05) is 30.3 Å². The summed E-state index contributed by atoms with van der Waals surface area (Å²) in [5.74, 6) is -1.41. The number of hydrogen-bond donors (Lipinski definition) is 1. The first-order valence-corrected chi connectivity index (χ1v) is 4.13. The van der Waals surface area contributed by atoms with Crippen LogP contribution in [0.1, 0.15) is 12.0 Å². The molecule has 1 N–H and O–H groups in total. The number of carbonyl (C=O) groups excluding carboxylic acids is 1. The molecule has 0 radical (unpaired) electrons. The van der Waals surface area contributed by atoms with Gasteiger partial charge in [0.15, 0.2) is 0 Å². The molecule has 0 bridgehead atoms. The molecule has 0 saturated heterocycles. The number of aliphatic hydroxyl groups is 1. The van der Waals surface area contributed by atoms with Crippen molar-refractivity contribution in [1.29, 1.82) is 0 Å². The van der Waals surface area contributed by atoms with Crippen LogP contribution in [0.3, 0.4) is 0 Å². The van der Waals surface area contributed by atoms with Crippen molar-refractivity contribution in [1.82, 2.24) is 0 Å². The zero-order chi connectivity index (χ0) is 9.68. The van der Waals surface area contributed by atoms with E-state index < -0.39 is 12.1 Å². The van der Waals surface area contributed by atoms with Crippen molar-refractivity contribution in [3.8, 4) is 0 Å². The third-order valence-electron chi connectivity index (χ3n) is 1.82. The molecule has 0 heterocycles. The van der Waals surface area contributed by atoms with E-state index in [1.54, 1.807) is 0 Å². The van der Waals surface area contributed by atoms with Gasteiger partial charge in [-0.3, -0.25) is 0 Å². The van der Waals surface area contributed by atoms with E-state index in [4.69, 9.17) is 5.11 Å². The fraction of sp³-hybridized carbons (Fsp3) is 0.300. The first-order valence-electron chi connectivity index (χ1n) is 4.13. The van der Waals surface area contributed by atoms with Gasteiger partial charge in [0.05, 0.1) is 12.1 Å². The minimum atomic E-state index is -1.41. The minimum absolute atomic E-state index is 0. The van der Waals surface area contributed by atoms with E-state index in [9.17, 15) is 9.90 Å². The molecule has 1 aromatic rings. The minimum Gasteiger partial charge on any atom is -0.547 e. The Kier molecular flexibility index (Phi) is 6.83. The molecular formula is C10H11NaO3. The molecule has 0 aliphatic carbocycles. The number of aryl methyl sites for hydroxylation is 1. The molecule has 70 valence electrons. The number of rotatable bonds is 4. The van der Waals surface area contributed by atoms with Gasteiger partial charge in [-0.05, 0) is 18.4 Å². The average molecular weight is 202 g/mol. The number of aliphatic carboxylic acids is 1. The van der Waals surface area contributed by atoms with Crippen LogP contribution in [0, 0.1) is 0 Å². The van der Waals surface area contributed by atoms with Gasteiger partial charge in [0, 0.05) is 0 Å². The monoisotopic (exact) mass is 202 g/mol. The summed E-state index contributed by atoms with van der Waals surface area (Å²) in [5.41, 5.74) is 1.02. The number of carboxylic acid groups (broad SMARTS) is 1. The Balaban J connectivity index is 0.00000169. The van der Waals surface area contributed by atoms with Crippen molar-refractivity contribution in [3.05, 3.63) is 35.9 Å². The molecule has 0 aliphatic rings. The summed E-state index contributed by atoms with van der Waals surface area (Å²) >= 11 is 0. The normalized spacial score (nSPS) is 11.5. The second-order valence-corrected chi connectivity index (χ2v) is 2.86. The number of carboxylic acids is 1. The quantitative estimate of drug-likeness (QED) is 0.521. The van der Waals surface area contributed by atoms with Gasteiger partial charge < -0.3 is 15.0 Å². The van der Waals surface area contributed by atoms with Crippen molar-refractivity contribution in [2.45, 2.75) is 18.9 Å². The maximum Gasteiger partial charge on any atom is 1.00 e. The molecular weight excluding hydrogens is 191 g/mol. The summed E-state index contributed by atoms with van der Waals surface area (Å²) < 4.78 is 0. The molecule has 0 amide bonds. The Morgan fingerprint density at radius 3 is 2.43 bits per heavy atom. The van der Waals surface area contributed by atoms with E-state index in [1.807, 2.05) is 30.3 Å². The first kappa shape index (κ1) is 13.7. The summed E-state index contributed by atoms with van der Waals surface area (Å²) in [5, 5.41) is 19.1. The molecule has 1 aromatic carbocycles.